The Balaban J connectivity index is 2.97. The topological polar surface area (TPSA) is 46.2 Å². The molecule has 1 aromatic rings. The van der Waals surface area contributed by atoms with Crippen LogP contribution in [0.25, 0.3) is 0 Å². The zero-order chi connectivity index (χ0) is 13.1. The maximum absolute atomic E-state index is 12.0. The number of sulfonamides is 1. The Labute approximate surface area is 111 Å². The molecule has 0 spiro atoms. The van der Waals surface area contributed by atoms with Crippen molar-refractivity contribution < 1.29 is 8.42 Å². The molecule has 0 heterocycles. The van der Waals surface area contributed by atoms with Gasteiger partial charge in [-0.25, -0.2) is 13.1 Å². The molecule has 3 nitrogen and oxygen atoms in total. The highest BCUT2D eigenvalue weighted by atomic mass is 79.9. The first-order valence-electron chi connectivity index (χ1n) is 5.22. The van der Waals surface area contributed by atoms with Gasteiger partial charge in [-0.2, -0.15) is 0 Å². The lowest BCUT2D eigenvalue weighted by atomic mass is 10.2. The molecule has 0 saturated heterocycles. The van der Waals surface area contributed by atoms with Crippen LogP contribution >= 0.6 is 15.9 Å². The number of rotatable bonds is 4. The van der Waals surface area contributed by atoms with Gasteiger partial charge in [0.2, 0.25) is 10.0 Å². The standard InChI is InChI=1S/C12H16BrNO2S/c1-9(2)6-7-14-17(15,16)12-8-11(13)5-4-10(12)3/h4-6,8,14H,7H2,1-3H3. The fraction of sp³-hybridized carbons (Fsp3) is 0.333. The summed E-state index contributed by atoms with van der Waals surface area (Å²) in [6.07, 6.45) is 1.84. The number of hydrogen-bond donors (Lipinski definition) is 1. The molecule has 0 aromatic heterocycles. The molecule has 17 heavy (non-hydrogen) atoms. The smallest absolute Gasteiger partial charge is 0.207 e. The van der Waals surface area contributed by atoms with Crippen LogP contribution in [0.4, 0.5) is 0 Å². The number of benzene rings is 1. The quantitative estimate of drug-likeness (QED) is 0.868. The van der Waals surface area contributed by atoms with Crippen LogP contribution in [-0.2, 0) is 10.0 Å². The van der Waals surface area contributed by atoms with Crippen LogP contribution in [-0.4, -0.2) is 15.0 Å². The van der Waals surface area contributed by atoms with E-state index in [-0.39, 0.29) is 0 Å². The van der Waals surface area contributed by atoms with Crippen molar-refractivity contribution in [3.05, 3.63) is 39.9 Å². The Bertz CT molecular complexity index is 531. The number of allylic oxidation sites excluding steroid dienone is 1. The second kappa shape index (κ2) is 5.80. The van der Waals surface area contributed by atoms with Crippen LogP contribution in [0.1, 0.15) is 19.4 Å². The summed E-state index contributed by atoms with van der Waals surface area (Å²) < 4.78 is 27.4. The average molecular weight is 318 g/mol. The van der Waals surface area contributed by atoms with Gasteiger partial charge in [0.1, 0.15) is 0 Å². The van der Waals surface area contributed by atoms with Crippen molar-refractivity contribution in [1.82, 2.24) is 4.72 Å². The lowest BCUT2D eigenvalue weighted by molar-refractivity contribution is 0.585. The summed E-state index contributed by atoms with van der Waals surface area (Å²) in [5.74, 6) is 0. The van der Waals surface area contributed by atoms with Crippen molar-refractivity contribution in [3.63, 3.8) is 0 Å². The Morgan fingerprint density at radius 1 is 1.41 bits per heavy atom. The van der Waals surface area contributed by atoms with Crippen molar-refractivity contribution in [3.8, 4) is 0 Å². The number of halogens is 1. The van der Waals surface area contributed by atoms with E-state index in [0.717, 1.165) is 15.6 Å². The predicted octanol–water partition coefficient (Wildman–Crippen LogP) is 3.00. The molecule has 0 amide bonds. The second-order valence-electron chi connectivity index (χ2n) is 4.04. The summed E-state index contributed by atoms with van der Waals surface area (Å²) in [5.41, 5.74) is 1.82. The molecular weight excluding hydrogens is 302 g/mol. The molecule has 0 aliphatic rings. The van der Waals surface area contributed by atoms with Crippen molar-refractivity contribution in [2.75, 3.05) is 6.54 Å². The van der Waals surface area contributed by atoms with E-state index in [9.17, 15) is 8.42 Å². The summed E-state index contributed by atoms with van der Waals surface area (Å²) in [7, 11) is -3.43. The maximum Gasteiger partial charge on any atom is 0.241 e. The Morgan fingerprint density at radius 2 is 2.06 bits per heavy atom. The van der Waals surface area contributed by atoms with Gasteiger partial charge in [0.05, 0.1) is 4.90 Å². The van der Waals surface area contributed by atoms with Gasteiger partial charge in [-0.3, -0.25) is 0 Å². The third kappa shape index (κ3) is 4.26. The van der Waals surface area contributed by atoms with Gasteiger partial charge >= 0.3 is 0 Å². The van der Waals surface area contributed by atoms with Gasteiger partial charge < -0.3 is 0 Å². The Morgan fingerprint density at radius 3 is 2.65 bits per heavy atom. The van der Waals surface area contributed by atoms with Gasteiger partial charge in [0.15, 0.2) is 0 Å². The molecule has 0 fully saturated rings. The zero-order valence-electron chi connectivity index (χ0n) is 10.1. The summed E-state index contributed by atoms with van der Waals surface area (Å²) >= 11 is 3.28. The third-order valence-electron chi connectivity index (χ3n) is 2.22. The van der Waals surface area contributed by atoms with E-state index < -0.39 is 10.0 Å². The highest BCUT2D eigenvalue weighted by molar-refractivity contribution is 9.10. The fourth-order valence-corrected chi connectivity index (χ4v) is 3.04. The number of aryl methyl sites for hydroxylation is 1. The molecule has 1 aromatic carbocycles. The molecule has 0 aliphatic heterocycles. The van der Waals surface area contributed by atoms with E-state index in [2.05, 4.69) is 20.7 Å². The highest BCUT2D eigenvalue weighted by Gasteiger charge is 2.15. The molecule has 5 heteroatoms. The minimum atomic E-state index is -3.43. The molecule has 1 N–H and O–H groups in total. The minimum Gasteiger partial charge on any atom is -0.207 e. The minimum absolute atomic E-state index is 0.314. The molecule has 0 unspecified atom stereocenters. The molecule has 0 bridgehead atoms. The van der Waals surface area contributed by atoms with Crippen molar-refractivity contribution in [2.45, 2.75) is 25.7 Å². The first-order valence-corrected chi connectivity index (χ1v) is 7.50. The fourth-order valence-electron chi connectivity index (χ4n) is 1.30. The van der Waals surface area contributed by atoms with E-state index in [1.807, 2.05) is 26.0 Å². The monoisotopic (exact) mass is 317 g/mol. The van der Waals surface area contributed by atoms with E-state index in [1.54, 1.807) is 19.1 Å². The summed E-state index contributed by atoms with van der Waals surface area (Å²) in [6, 6.07) is 5.21. The van der Waals surface area contributed by atoms with Crippen LogP contribution in [0.5, 0.6) is 0 Å². The van der Waals surface area contributed by atoms with Crippen LogP contribution in [0, 0.1) is 6.92 Å². The lowest BCUT2D eigenvalue weighted by Crippen LogP contribution is -2.24. The lowest BCUT2D eigenvalue weighted by Gasteiger charge is -2.08. The van der Waals surface area contributed by atoms with Crippen LogP contribution in [0.15, 0.2) is 39.2 Å². The summed E-state index contributed by atoms with van der Waals surface area (Å²) in [5, 5.41) is 0. The van der Waals surface area contributed by atoms with E-state index in [1.165, 1.54) is 0 Å². The largest absolute Gasteiger partial charge is 0.241 e. The zero-order valence-corrected chi connectivity index (χ0v) is 12.5. The first kappa shape index (κ1) is 14.4. The Kier molecular flexibility index (Phi) is 4.91. The van der Waals surface area contributed by atoms with Gasteiger partial charge in [-0.05, 0) is 38.5 Å². The highest BCUT2D eigenvalue weighted by Crippen LogP contribution is 2.20. The first-order chi connectivity index (χ1) is 7.83. The maximum atomic E-state index is 12.0. The van der Waals surface area contributed by atoms with Crippen molar-refractivity contribution >= 4 is 26.0 Å². The van der Waals surface area contributed by atoms with E-state index >= 15 is 0 Å². The van der Waals surface area contributed by atoms with Crippen LogP contribution < -0.4 is 4.72 Å². The average Bonchev–Trinajstić information content (AvgIpc) is 2.20. The van der Waals surface area contributed by atoms with Gasteiger partial charge in [-0.15, -0.1) is 0 Å². The number of nitrogens with one attached hydrogen (secondary N) is 1. The molecule has 1 rings (SSSR count). The van der Waals surface area contributed by atoms with Crippen LogP contribution in [0.2, 0.25) is 0 Å². The van der Waals surface area contributed by atoms with Gasteiger partial charge in [0.25, 0.3) is 0 Å². The molecule has 0 saturated carbocycles. The molecule has 0 aliphatic carbocycles. The third-order valence-corrected chi connectivity index (χ3v) is 4.28. The van der Waals surface area contributed by atoms with Gasteiger partial charge in [-0.1, -0.05) is 33.6 Å². The van der Waals surface area contributed by atoms with Crippen LogP contribution in [0.3, 0.4) is 0 Å². The normalized spacial score (nSPS) is 11.3. The van der Waals surface area contributed by atoms with Crippen molar-refractivity contribution in [1.29, 1.82) is 0 Å². The van der Waals surface area contributed by atoms with E-state index in [0.29, 0.717) is 11.4 Å². The summed E-state index contributed by atoms with van der Waals surface area (Å²) in [6.45, 7) is 5.95. The number of hydrogen-bond acceptors (Lipinski definition) is 2. The SMILES string of the molecule is CC(C)=CCNS(=O)(=O)c1cc(Br)ccc1C. The van der Waals surface area contributed by atoms with Gasteiger partial charge in [0, 0.05) is 11.0 Å². The Hall–Kier alpha value is -0.650. The second-order valence-corrected chi connectivity index (χ2v) is 6.69. The summed E-state index contributed by atoms with van der Waals surface area (Å²) in [4.78, 5) is 0.314. The van der Waals surface area contributed by atoms with Crippen molar-refractivity contribution in [2.24, 2.45) is 0 Å². The molecular formula is C12H16BrNO2S. The molecule has 94 valence electrons. The molecule has 0 atom stereocenters. The predicted molar refractivity (Wildman–Crippen MR) is 73.5 cm³/mol. The molecule has 0 radical (unpaired) electrons. The van der Waals surface area contributed by atoms with E-state index in [4.69, 9.17) is 0 Å².